The third kappa shape index (κ3) is 3.27. The summed E-state index contributed by atoms with van der Waals surface area (Å²) in [6.45, 7) is 0. The first kappa shape index (κ1) is 18.7. The van der Waals surface area contributed by atoms with Crippen molar-refractivity contribution in [3.8, 4) is 33.6 Å². The number of fused-ring (bicyclic) bond motifs is 6. The van der Waals surface area contributed by atoms with Gasteiger partial charge in [0.15, 0.2) is 0 Å². The summed E-state index contributed by atoms with van der Waals surface area (Å²) in [5.41, 5.74) is 5.78. The molecule has 2 nitrogen and oxygen atoms in total. The highest BCUT2D eigenvalue weighted by Crippen LogP contribution is 2.50. The summed E-state index contributed by atoms with van der Waals surface area (Å²) < 4.78 is 55.8. The van der Waals surface area contributed by atoms with Crippen molar-refractivity contribution in [1.82, 2.24) is 0 Å². The SMILES string of the molecule is [2H]c1c([2H])c([2H])c(-c2oc3ccccc3c2-c2c3ccccc3c(-c3cccc4c3oc3ccccc34)c3ccccc23)c([2H])c1[2H]. The van der Waals surface area contributed by atoms with E-state index in [1.807, 2.05) is 66.7 Å². The average molecular weight is 542 g/mol. The Bertz CT molecular complexity index is 2670. The molecule has 42 heavy (non-hydrogen) atoms. The molecule has 0 saturated heterocycles. The first-order valence-electron chi connectivity index (χ1n) is 16.4. The Hall–Kier alpha value is -5.60. The van der Waals surface area contributed by atoms with Crippen LogP contribution in [0.2, 0.25) is 0 Å². The number of para-hydroxylation sites is 3. The summed E-state index contributed by atoms with van der Waals surface area (Å²) in [6, 6.07) is 36.5. The molecule has 0 bridgehead atoms. The van der Waals surface area contributed by atoms with Crippen molar-refractivity contribution in [3.05, 3.63) is 145 Å². The van der Waals surface area contributed by atoms with Crippen LogP contribution in [-0.2, 0) is 0 Å². The van der Waals surface area contributed by atoms with Crippen LogP contribution >= 0.6 is 0 Å². The molecule has 2 heteroatoms. The summed E-state index contributed by atoms with van der Waals surface area (Å²) in [6.07, 6.45) is 0. The van der Waals surface area contributed by atoms with Gasteiger partial charge in [0.25, 0.3) is 0 Å². The van der Waals surface area contributed by atoms with Gasteiger partial charge in [-0.15, -0.1) is 0 Å². The molecule has 0 amide bonds. The van der Waals surface area contributed by atoms with E-state index in [0.717, 1.165) is 65.6 Å². The minimum Gasteiger partial charge on any atom is -0.455 e. The van der Waals surface area contributed by atoms with Crippen molar-refractivity contribution in [1.29, 1.82) is 0 Å². The van der Waals surface area contributed by atoms with Gasteiger partial charge in [0.05, 0.1) is 6.85 Å². The fourth-order valence-corrected chi connectivity index (χ4v) is 6.47. The standard InChI is InChI=1S/C40H24O2/c1-2-13-25(14-3-1)39-38(32-20-9-11-24-35(32)41-39)37-29-18-6-4-16-27(29)36(28-17-5-7-19-30(28)37)33-22-12-21-31-26-15-8-10-23-34(26)42-40(31)33/h1-24H/i1D,2D,3D,13D,14D. The van der Waals surface area contributed by atoms with Gasteiger partial charge in [-0.3, -0.25) is 0 Å². The van der Waals surface area contributed by atoms with Gasteiger partial charge in [0, 0.05) is 44.0 Å². The fraction of sp³-hybridized carbons (Fsp3) is 0. The third-order valence-corrected chi connectivity index (χ3v) is 8.18. The van der Waals surface area contributed by atoms with E-state index in [4.69, 9.17) is 15.7 Å². The maximum atomic E-state index is 8.86. The van der Waals surface area contributed by atoms with Gasteiger partial charge in [-0.2, -0.15) is 0 Å². The minimum atomic E-state index is -0.443. The predicted octanol–water partition coefficient (Wildman–Crippen LogP) is 11.6. The van der Waals surface area contributed by atoms with Crippen molar-refractivity contribution in [3.63, 3.8) is 0 Å². The molecule has 0 saturated carbocycles. The quantitative estimate of drug-likeness (QED) is 0.208. The Balaban J connectivity index is 1.47. The van der Waals surface area contributed by atoms with Gasteiger partial charge in [-0.1, -0.05) is 133 Å². The number of furan rings is 2. The van der Waals surface area contributed by atoms with Crippen LogP contribution in [-0.4, -0.2) is 0 Å². The van der Waals surface area contributed by atoms with Crippen LogP contribution < -0.4 is 0 Å². The predicted molar refractivity (Wildman–Crippen MR) is 175 cm³/mol. The van der Waals surface area contributed by atoms with Gasteiger partial charge in [-0.05, 0) is 33.7 Å². The lowest BCUT2D eigenvalue weighted by Gasteiger charge is -2.18. The summed E-state index contributed by atoms with van der Waals surface area (Å²) in [7, 11) is 0. The van der Waals surface area contributed by atoms with E-state index in [1.54, 1.807) is 0 Å². The number of benzene rings is 7. The van der Waals surface area contributed by atoms with E-state index < -0.39 is 18.1 Å². The summed E-state index contributed by atoms with van der Waals surface area (Å²) in [4.78, 5) is 0. The summed E-state index contributed by atoms with van der Waals surface area (Å²) >= 11 is 0. The molecule has 0 aliphatic carbocycles. The van der Waals surface area contributed by atoms with Crippen LogP contribution in [0.15, 0.2) is 154 Å². The Labute approximate surface area is 249 Å². The lowest BCUT2D eigenvalue weighted by Crippen LogP contribution is -1.92. The molecule has 0 atom stereocenters. The molecule has 0 unspecified atom stereocenters. The molecule has 196 valence electrons. The zero-order valence-electron chi connectivity index (χ0n) is 27.3. The first-order valence-corrected chi connectivity index (χ1v) is 13.9. The highest BCUT2D eigenvalue weighted by atomic mass is 16.3. The van der Waals surface area contributed by atoms with E-state index >= 15 is 0 Å². The Morgan fingerprint density at radius 2 is 0.929 bits per heavy atom. The molecule has 0 aliphatic rings. The van der Waals surface area contributed by atoms with Crippen molar-refractivity contribution >= 4 is 54.5 Å². The molecular weight excluding hydrogens is 512 g/mol. The minimum absolute atomic E-state index is 0.0338. The lowest BCUT2D eigenvalue weighted by atomic mass is 9.84. The van der Waals surface area contributed by atoms with E-state index in [1.165, 1.54) is 0 Å². The lowest BCUT2D eigenvalue weighted by molar-refractivity contribution is 0.632. The van der Waals surface area contributed by atoms with Crippen molar-refractivity contribution < 1.29 is 15.7 Å². The van der Waals surface area contributed by atoms with Gasteiger partial charge >= 0.3 is 0 Å². The molecule has 2 heterocycles. The highest BCUT2D eigenvalue weighted by molar-refractivity contribution is 6.26. The van der Waals surface area contributed by atoms with Crippen molar-refractivity contribution in [2.75, 3.05) is 0 Å². The Kier molecular flexibility index (Phi) is 3.98. The second kappa shape index (κ2) is 8.95. The van der Waals surface area contributed by atoms with E-state index in [0.29, 0.717) is 11.1 Å². The second-order valence-electron chi connectivity index (χ2n) is 10.4. The average Bonchev–Trinajstić information content (AvgIpc) is 3.68. The van der Waals surface area contributed by atoms with E-state index in [9.17, 15) is 0 Å². The molecule has 0 aliphatic heterocycles. The van der Waals surface area contributed by atoms with Gasteiger partial charge in [0.1, 0.15) is 22.5 Å². The summed E-state index contributed by atoms with van der Waals surface area (Å²) in [5, 5.41) is 6.75. The van der Waals surface area contributed by atoms with Crippen LogP contribution in [0.1, 0.15) is 6.85 Å². The number of rotatable bonds is 3. The van der Waals surface area contributed by atoms with Crippen LogP contribution in [0.3, 0.4) is 0 Å². The first-order chi connectivity index (χ1) is 22.9. The summed E-state index contributed by atoms with van der Waals surface area (Å²) in [5.74, 6) is 0.241. The molecule has 9 aromatic rings. The molecular formula is C40H24O2. The third-order valence-electron chi connectivity index (χ3n) is 8.18. The van der Waals surface area contributed by atoms with Crippen LogP contribution in [0, 0.1) is 0 Å². The number of hydrogen-bond acceptors (Lipinski definition) is 2. The number of hydrogen-bond donors (Lipinski definition) is 0. The van der Waals surface area contributed by atoms with Gasteiger partial charge in [0.2, 0.25) is 0 Å². The monoisotopic (exact) mass is 541 g/mol. The Morgan fingerprint density at radius 1 is 0.405 bits per heavy atom. The zero-order valence-corrected chi connectivity index (χ0v) is 22.3. The molecule has 0 spiro atoms. The van der Waals surface area contributed by atoms with E-state index in [-0.39, 0.29) is 23.4 Å². The normalized spacial score (nSPS) is 13.5. The van der Waals surface area contributed by atoms with Crippen molar-refractivity contribution in [2.24, 2.45) is 0 Å². The molecule has 9 rings (SSSR count). The highest BCUT2D eigenvalue weighted by Gasteiger charge is 2.24. The molecule has 0 radical (unpaired) electrons. The molecule has 7 aromatic carbocycles. The smallest absolute Gasteiger partial charge is 0.143 e. The van der Waals surface area contributed by atoms with E-state index in [2.05, 4.69) is 48.5 Å². The van der Waals surface area contributed by atoms with Gasteiger partial charge in [-0.25, -0.2) is 0 Å². The topological polar surface area (TPSA) is 26.3 Å². The van der Waals surface area contributed by atoms with Crippen molar-refractivity contribution in [2.45, 2.75) is 0 Å². The Morgan fingerprint density at radius 3 is 1.60 bits per heavy atom. The molecule has 2 aromatic heterocycles. The second-order valence-corrected chi connectivity index (χ2v) is 10.4. The zero-order chi connectivity index (χ0) is 32.0. The van der Waals surface area contributed by atoms with Crippen LogP contribution in [0.5, 0.6) is 0 Å². The molecule has 0 N–H and O–H groups in total. The fourth-order valence-electron chi connectivity index (χ4n) is 6.47. The van der Waals surface area contributed by atoms with Gasteiger partial charge < -0.3 is 8.83 Å². The van der Waals surface area contributed by atoms with Crippen LogP contribution in [0.25, 0.3) is 88.0 Å². The van der Waals surface area contributed by atoms with Crippen LogP contribution in [0.4, 0.5) is 0 Å². The maximum absolute atomic E-state index is 8.86. The molecule has 0 fully saturated rings. The maximum Gasteiger partial charge on any atom is 0.143 e. The largest absolute Gasteiger partial charge is 0.455 e.